The fourth-order valence-electron chi connectivity index (χ4n) is 4.39. The van der Waals surface area contributed by atoms with Crippen LogP contribution in [0.3, 0.4) is 0 Å². The number of nitrogens with one attached hydrogen (secondary N) is 2. The van der Waals surface area contributed by atoms with Gasteiger partial charge in [-0.15, -0.1) is 0 Å². The lowest BCUT2D eigenvalue weighted by Crippen LogP contribution is -2.37. The molecule has 1 saturated heterocycles. The number of H-pyrrole nitrogens is 2. The molecule has 1 aliphatic rings. The van der Waals surface area contributed by atoms with Crippen molar-refractivity contribution in [1.82, 2.24) is 14.9 Å². The zero-order valence-electron chi connectivity index (χ0n) is 16.9. The molecule has 5 rings (SSSR count). The second kappa shape index (κ2) is 7.61. The second-order valence-corrected chi connectivity index (χ2v) is 8.00. The summed E-state index contributed by atoms with van der Waals surface area (Å²) in [6, 6.07) is 12.6. The number of nitrogens with zero attached hydrogens (tertiary/aromatic N) is 1. The number of aromatic amines is 2. The molecule has 0 aliphatic carbocycles. The zero-order chi connectivity index (χ0) is 20.7. The maximum Gasteiger partial charge on any atom is 0.270 e. The van der Waals surface area contributed by atoms with E-state index < -0.39 is 0 Å². The Labute approximate surface area is 173 Å². The molecule has 0 spiro atoms. The topological polar surface area (TPSA) is 61.1 Å². The molecule has 0 radical (unpaired) electrons. The molecule has 1 aliphatic heterocycles. The first-order chi connectivity index (χ1) is 14.6. The number of halogens is 1. The predicted molar refractivity (Wildman–Crippen MR) is 115 cm³/mol. The van der Waals surface area contributed by atoms with Crippen LogP contribution in [0.2, 0.25) is 0 Å². The van der Waals surface area contributed by atoms with Crippen molar-refractivity contribution in [3.05, 3.63) is 71.3 Å². The highest BCUT2D eigenvalue weighted by Crippen LogP contribution is 2.26. The van der Waals surface area contributed by atoms with Crippen molar-refractivity contribution in [2.45, 2.75) is 32.4 Å². The van der Waals surface area contributed by atoms with E-state index >= 15 is 0 Å². The number of carbonyl (C=O) groups excluding carboxylic acids is 1. The smallest absolute Gasteiger partial charge is 0.270 e. The fraction of sp³-hybridized carbons (Fsp3) is 0.292. The van der Waals surface area contributed by atoms with Crippen molar-refractivity contribution in [3.8, 4) is 0 Å². The number of hydrogen-bond acceptors (Lipinski definition) is 2. The average molecular weight is 405 g/mol. The molecule has 30 heavy (non-hydrogen) atoms. The van der Waals surface area contributed by atoms with E-state index in [0.29, 0.717) is 18.8 Å². The van der Waals surface area contributed by atoms with E-state index in [0.717, 1.165) is 52.4 Å². The van der Waals surface area contributed by atoms with Crippen LogP contribution in [0.5, 0.6) is 0 Å². The first kappa shape index (κ1) is 18.9. The summed E-state index contributed by atoms with van der Waals surface area (Å²) in [4.78, 5) is 21.9. The highest BCUT2D eigenvalue weighted by molar-refractivity contribution is 6.01. The average Bonchev–Trinajstić information content (AvgIpc) is 3.48. The second-order valence-electron chi connectivity index (χ2n) is 8.00. The standard InChI is InChI=1S/C24H24FN3O2/c1-15-20-11-17(25)8-9-22(20)27-23(15)24(29)28(14-18-5-4-10-30-18)13-16-12-26-21-7-3-2-6-19(16)21/h2-3,6-9,11-12,18,26-27H,4-5,10,13-14H2,1H3. The van der Waals surface area contributed by atoms with E-state index in [9.17, 15) is 9.18 Å². The van der Waals surface area contributed by atoms with E-state index in [2.05, 4.69) is 16.0 Å². The van der Waals surface area contributed by atoms with Gasteiger partial charge in [-0.3, -0.25) is 4.79 Å². The summed E-state index contributed by atoms with van der Waals surface area (Å²) in [6.45, 7) is 3.61. The van der Waals surface area contributed by atoms with Crippen LogP contribution in [-0.2, 0) is 11.3 Å². The van der Waals surface area contributed by atoms with Crippen molar-refractivity contribution >= 4 is 27.7 Å². The lowest BCUT2D eigenvalue weighted by atomic mass is 10.1. The third kappa shape index (κ3) is 3.37. The third-order valence-electron chi connectivity index (χ3n) is 6.01. The number of ether oxygens (including phenoxy) is 1. The lowest BCUT2D eigenvalue weighted by molar-refractivity contribution is 0.0504. The number of aromatic nitrogens is 2. The largest absolute Gasteiger partial charge is 0.376 e. The molecule has 0 bridgehead atoms. The molecule has 1 unspecified atom stereocenters. The van der Waals surface area contributed by atoms with Crippen LogP contribution in [0.25, 0.3) is 21.8 Å². The molecule has 1 amide bonds. The van der Waals surface area contributed by atoms with Gasteiger partial charge in [0.15, 0.2) is 0 Å². The molecule has 2 aromatic carbocycles. The molecule has 6 heteroatoms. The van der Waals surface area contributed by atoms with E-state index in [1.807, 2.05) is 36.2 Å². The minimum Gasteiger partial charge on any atom is -0.376 e. The molecule has 1 fully saturated rings. The third-order valence-corrected chi connectivity index (χ3v) is 6.01. The number of para-hydroxylation sites is 1. The molecule has 4 aromatic rings. The summed E-state index contributed by atoms with van der Waals surface area (Å²) in [7, 11) is 0. The van der Waals surface area contributed by atoms with Crippen molar-refractivity contribution in [3.63, 3.8) is 0 Å². The van der Waals surface area contributed by atoms with Crippen LogP contribution in [0.1, 0.15) is 34.5 Å². The first-order valence-corrected chi connectivity index (χ1v) is 10.3. The summed E-state index contributed by atoms with van der Waals surface area (Å²) in [6.07, 6.45) is 3.98. The lowest BCUT2D eigenvalue weighted by Gasteiger charge is -2.25. The van der Waals surface area contributed by atoms with Crippen molar-refractivity contribution < 1.29 is 13.9 Å². The number of rotatable bonds is 5. The normalized spacial score (nSPS) is 16.5. The van der Waals surface area contributed by atoms with Gasteiger partial charge in [0.1, 0.15) is 11.5 Å². The Balaban J connectivity index is 1.51. The van der Waals surface area contributed by atoms with Crippen LogP contribution >= 0.6 is 0 Å². The summed E-state index contributed by atoms with van der Waals surface area (Å²) >= 11 is 0. The van der Waals surface area contributed by atoms with E-state index in [1.165, 1.54) is 12.1 Å². The number of amides is 1. The molecule has 154 valence electrons. The minimum absolute atomic E-state index is 0.0429. The molecule has 1 atom stereocenters. The van der Waals surface area contributed by atoms with E-state index in [-0.39, 0.29) is 17.8 Å². The minimum atomic E-state index is -0.307. The Morgan fingerprint density at radius 1 is 1.20 bits per heavy atom. The molecule has 5 nitrogen and oxygen atoms in total. The van der Waals surface area contributed by atoms with Crippen molar-refractivity contribution in [2.24, 2.45) is 0 Å². The highest BCUT2D eigenvalue weighted by atomic mass is 19.1. The Hall–Kier alpha value is -3.12. The van der Waals surface area contributed by atoms with Gasteiger partial charge in [-0.25, -0.2) is 4.39 Å². The predicted octanol–water partition coefficient (Wildman–Crippen LogP) is 4.92. The van der Waals surface area contributed by atoms with Gasteiger partial charge in [0.2, 0.25) is 0 Å². The fourth-order valence-corrected chi connectivity index (χ4v) is 4.39. The van der Waals surface area contributed by atoms with Crippen LogP contribution < -0.4 is 0 Å². The molecule has 2 N–H and O–H groups in total. The monoisotopic (exact) mass is 405 g/mol. The summed E-state index contributed by atoms with van der Waals surface area (Å²) in [5, 5.41) is 1.85. The maximum absolute atomic E-state index is 13.7. The highest BCUT2D eigenvalue weighted by Gasteiger charge is 2.27. The molecular formula is C24H24FN3O2. The van der Waals surface area contributed by atoms with Gasteiger partial charge in [0, 0.05) is 47.7 Å². The van der Waals surface area contributed by atoms with Gasteiger partial charge in [0.25, 0.3) is 5.91 Å². The Bertz CT molecular complexity index is 1220. The maximum atomic E-state index is 13.7. The number of benzene rings is 2. The van der Waals surface area contributed by atoms with Crippen molar-refractivity contribution in [1.29, 1.82) is 0 Å². The van der Waals surface area contributed by atoms with Gasteiger partial charge >= 0.3 is 0 Å². The van der Waals surface area contributed by atoms with Crippen LogP contribution in [0.4, 0.5) is 4.39 Å². The molecular weight excluding hydrogens is 381 g/mol. The molecule has 0 saturated carbocycles. The van der Waals surface area contributed by atoms with Crippen molar-refractivity contribution in [2.75, 3.05) is 13.2 Å². The quantitative estimate of drug-likeness (QED) is 0.495. The van der Waals surface area contributed by atoms with Gasteiger partial charge < -0.3 is 19.6 Å². The van der Waals surface area contributed by atoms with Gasteiger partial charge in [-0.05, 0) is 55.2 Å². The number of aryl methyl sites for hydroxylation is 1. The Kier molecular flexibility index (Phi) is 4.79. The molecule has 2 aromatic heterocycles. The summed E-state index contributed by atoms with van der Waals surface area (Å²) < 4.78 is 19.5. The zero-order valence-corrected chi connectivity index (χ0v) is 16.9. The van der Waals surface area contributed by atoms with Crippen LogP contribution in [0.15, 0.2) is 48.7 Å². The SMILES string of the molecule is Cc1c(C(=O)N(Cc2c[nH]c3ccccc23)CC2CCCO2)[nH]c2ccc(F)cc12. The Morgan fingerprint density at radius 3 is 2.90 bits per heavy atom. The number of carbonyl (C=O) groups is 1. The van der Waals surface area contributed by atoms with E-state index in [4.69, 9.17) is 4.74 Å². The van der Waals surface area contributed by atoms with Gasteiger partial charge in [0.05, 0.1) is 6.10 Å². The first-order valence-electron chi connectivity index (χ1n) is 10.3. The number of fused-ring (bicyclic) bond motifs is 2. The van der Waals surface area contributed by atoms with Gasteiger partial charge in [-0.2, -0.15) is 0 Å². The number of hydrogen-bond donors (Lipinski definition) is 2. The summed E-state index contributed by atoms with van der Waals surface area (Å²) in [5.41, 5.74) is 4.16. The summed E-state index contributed by atoms with van der Waals surface area (Å²) in [5.74, 6) is -0.400. The van der Waals surface area contributed by atoms with Gasteiger partial charge in [-0.1, -0.05) is 18.2 Å². The van der Waals surface area contributed by atoms with E-state index in [1.54, 1.807) is 6.07 Å². The Morgan fingerprint density at radius 2 is 2.07 bits per heavy atom. The van der Waals surface area contributed by atoms with Crippen LogP contribution in [-0.4, -0.2) is 40.0 Å². The molecule has 3 heterocycles. The van der Waals surface area contributed by atoms with Crippen LogP contribution in [0, 0.1) is 12.7 Å².